The molecule has 0 aliphatic carbocycles. The molecule has 14 nitrogen and oxygen atoms in total. The number of nitrogens with one attached hydrogen (secondary N) is 4. The zero-order valence-corrected chi connectivity index (χ0v) is 29.0. The number of thiocarbonyl (C=S) groups is 1. The molecule has 5 rings (SSSR count). The fourth-order valence-corrected chi connectivity index (χ4v) is 5.62. The largest absolute Gasteiger partial charge is 0.459 e. The first kappa shape index (κ1) is 37.1. The Kier molecular flexibility index (Phi) is 12.2. The predicted molar refractivity (Wildman–Crippen MR) is 194 cm³/mol. The minimum absolute atomic E-state index is 0.0221. The molecule has 1 saturated heterocycles. The van der Waals surface area contributed by atoms with Gasteiger partial charge in [0.15, 0.2) is 11.2 Å². The van der Waals surface area contributed by atoms with Crippen molar-refractivity contribution in [2.24, 2.45) is 0 Å². The van der Waals surface area contributed by atoms with E-state index in [9.17, 15) is 29.3 Å². The van der Waals surface area contributed by atoms with Gasteiger partial charge in [0.25, 0.3) is 5.69 Å². The van der Waals surface area contributed by atoms with Crippen LogP contribution >= 0.6 is 12.2 Å². The topological polar surface area (TPSA) is 178 Å². The molecule has 0 radical (unpaired) electrons. The standard InChI is InChI=1S/C37H36N6O8S/c1-43(21-20-30(34(45)50-23-26-10-4-2-5-11-26)40-37(47)51-24-27-12-6-3-7-13-27)33(44)32(41-36(43)46)28-18-16-25(17-19-28)22-38-35(52)39-29-14-8-9-15-31(29)42(48)49/h2-19,30,32H,20-24H2,1H3,(H3-,38,39,40,41,46,47,52)/p+1. The maximum atomic E-state index is 13.7. The maximum Gasteiger partial charge on any atom is 0.424 e. The molecule has 4 aromatic rings. The summed E-state index contributed by atoms with van der Waals surface area (Å²) in [7, 11) is 1.46. The van der Waals surface area contributed by atoms with E-state index in [1.807, 2.05) is 24.3 Å². The van der Waals surface area contributed by atoms with Crippen LogP contribution in [0.25, 0.3) is 0 Å². The van der Waals surface area contributed by atoms with Crippen molar-refractivity contribution < 1.29 is 38.1 Å². The number of amides is 4. The number of carbonyl (C=O) groups is 4. The molecule has 4 amide bonds. The third kappa shape index (κ3) is 9.53. The summed E-state index contributed by atoms with van der Waals surface area (Å²) >= 11 is 5.30. The number of hydrogen-bond acceptors (Lipinski definition) is 9. The van der Waals surface area contributed by atoms with Gasteiger partial charge in [-0.05, 0) is 40.5 Å². The van der Waals surface area contributed by atoms with Crippen LogP contribution in [-0.2, 0) is 38.8 Å². The van der Waals surface area contributed by atoms with Gasteiger partial charge in [-0.1, -0.05) is 97.1 Å². The van der Waals surface area contributed by atoms with Gasteiger partial charge in [-0.15, -0.1) is 0 Å². The van der Waals surface area contributed by atoms with Crippen LogP contribution in [0.15, 0.2) is 109 Å². The normalized spacial score (nSPS) is 17.0. The van der Waals surface area contributed by atoms with Crippen LogP contribution in [0.5, 0.6) is 0 Å². The third-order valence-corrected chi connectivity index (χ3v) is 8.69. The highest BCUT2D eigenvalue weighted by Gasteiger charge is 2.53. The number of likely N-dealkylation sites (N-methyl/N-ethyl adjacent to an activating group) is 1. The number of rotatable bonds is 14. The molecule has 3 atom stereocenters. The van der Waals surface area contributed by atoms with Crippen molar-refractivity contribution in [1.82, 2.24) is 16.0 Å². The number of anilines is 1. The number of ether oxygens (including phenoxy) is 2. The SMILES string of the molecule is C[N+]1(CCC(NC(=O)OCc2ccccc2)C(=O)OCc2ccccc2)C(=O)NC(c2ccc(CNC(=S)Nc3ccccc3[N+](=O)[O-])cc2)C1=O. The highest BCUT2D eigenvalue weighted by atomic mass is 32.1. The molecule has 1 aliphatic heterocycles. The van der Waals surface area contributed by atoms with Crippen molar-refractivity contribution in [3.8, 4) is 0 Å². The zero-order chi connectivity index (χ0) is 37.1. The minimum atomic E-state index is -1.21. The van der Waals surface area contributed by atoms with Crippen molar-refractivity contribution in [2.75, 3.05) is 18.9 Å². The van der Waals surface area contributed by atoms with E-state index in [1.165, 1.54) is 13.1 Å². The van der Waals surface area contributed by atoms with Crippen molar-refractivity contribution in [3.05, 3.63) is 142 Å². The van der Waals surface area contributed by atoms with E-state index in [0.29, 0.717) is 5.56 Å². The smallest absolute Gasteiger partial charge is 0.424 e. The maximum absolute atomic E-state index is 13.7. The van der Waals surface area contributed by atoms with E-state index in [-0.39, 0.29) is 49.2 Å². The molecule has 15 heteroatoms. The number of imide groups is 1. The van der Waals surface area contributed by atoms with Gasteiger partial charge in [0, 0.05) is 19.0 Å². The third-order valence-electron chi connectivity index (χ3n) is 8.44. The Hall–Kier alpha value is -6.19. The number of quaternary nitrogens is 1. The minimum Gasteiger partial charge on any atom is -0.459 e. The Morgan fingerprint density at radius 2 is 1.46 bits per heavy atom. The number of carbonyl (C=O) groups excluding carboxylic acids is 4. The van der Waals surface area contributed by atoms with Crippen molar-refractivity contribution in [1.29, 1.82) is 0 Å². The average Bonchev–Trinajstić information content (AvgIpc) is 3.38. The van der Waals surface area contributed by atoms with Gasteiger partial charge in [0.2, 0.25) is 0 Å². The van der Waals surface area contributed by atoms with E-state index >= 15 is 0 Å². The lowest BCUT2D eigenvalue weighted by Gasteiger charge is -2.25. The van der Waals surface area contributed by atoms with Gasteiger partial charge in [-0.2, -0.15) is 4.48 Å². The van der Waals surface area contributed by atoms with Gasteiger partial charge >= 0.3 is 24.0 Å². The summed E-state index contributed by atoms with van der Waals surface area (Å²) in [5.41, 5.74) is 2.99. The first-order chi connectivity index (χ1) is 25.0. The van der Waals surface area contributed by atoms with Crippen LogP contribution in [0.2, 0.25) is 0 Å². The molecule has 268 valence electrons. The summed E-state index contributed by atoms with van der Waals surface area (Å²) in [6.45, 7) is 0.116. The van der Waals surface area contributed by atoms with Crippen LogP contribution in [-0.4, -0.2) is 58.2 Å². The number of para-hydroxylation sites is 2. The van der Waals surface area contributed by atoms with Crippen LogP contribution < -0.4 is 21.3 Å². The molecule has 3 unspecified atom stereocenters. The van der Waals surface area contributed by atoms with Gasteiger partial charge in [0.05, 0.1) is 18.5 Å². The summed E-state index contributed by atoms with van der Waals surface area (Å²) in [5.74, 6) is -1.18. The van der Waals surface area contributed by atoms with E-state index < -0.39 is 45.5 Å². The van der Waals surface area contributed by atoms with Gasteiger partial charge in [-0.3, -0.25) is 15.4 Å². The Bertz CT molecular complexity index is 1930. The molecule has 0 saturated carbocycles. The van der Waals surface area contributed by atoms with E-state index in [1.54, 1.807) is 78.9 Å². The summed E-state index contributed by atoms with van der Waals surface area (Å²) in [6, 6.07) is 28.4. The highest BCUT2D eigenvalue weighted by molar-refractivity contribution is 7.80. The molecular weight excluding hydrogens is 689 g/mol. The number of benzene rings is 4. The molecule has 0 bridgehead atoms. The van der Waals surface area contributed by atoms with Crippen molar-refractivity contribution in [3.63, 3.8) is 0 Å². The molecule has 52 heavy (non-hydrogen) atoms. The Balaban J connectivity index is 1.19. The molecule has 0 spiro atoms. The molecular formula is C37H37N6O8S+. The zero-order valence-electron chi connectivity index (χ0n) is 28.2. The number of nitrogens with zero attached hydrogens (tertiary/aromatic N) is 2. The summed E-state index contributed by atoms with van der Waals surface area (Å²) in [6.07, 6.45) is -0.947. The molecule has 4 N–H and O–H groups in total. The quantitative estimate of drug-likeness (QED) is 0.0334. The lowest BCUT2D eigenvalue weighted by atomic mass is 10.0. The van der Waals surface area contributed by atoms with E-state index in [2.05, 4.69) is 21.3 Å². The second kappa shape index (κ2) is 17.2. The molecule has 1 heterocycles. The number of nitro groups is 1. The lowest BCUT2D eigenvalue weighted by molar-refractivity contribution is -0.746. The average molecular weight is 726 g/mol. The molecule has 0 aromatic heterocycles. The number of alkyl carbamates (subject to hydrolysis) is 1. The summed E-state index contributed by atoms with van der Waals surface area (Å²) < 4.78 is 10.1. The lowest BCUT2D eigenvalue weighted by Crippen LogP contribution is -2.53. The van der Waals surface area contributed by atoms with Crippen LogP contribution in [0.3, 0.4) is 0 Å². The number of urea groups is 1. The van der Waals surface area contributed by atoms with Gasteiger partial charge < -0.3 is 25.4 Å². The first-order valence-corrected chi connectivity index (χ1v) is 16.7. The molecule has 1 fully saturated rings. The van der Waals surface area contributed by atoms with E-state index in [0.717, 1.165) is 16.7 Å². The van der Waals surface area contributed by atoms with Gasteiger partial charge in [-0.25, -0.2) is 19.2 Å². The van der Waals surface area contributed by atoms with Crippen LogP contribution in [0.1, 0.15) is 34.7 Å². The Morgan fingerprint density at radius 1 is 0.865 bits per heavy atom. The van der Waals surface area contributed by atoms with Crippen LogP contribution in [0, 0.1) is 10.1 Å². The Labute approximate surface area is 304 Å². The number of hydrogen-bond donors (Lipinski definition) is 4. The van der Waals surface area contributed by atoms with Crippen molar-refractivity contribution >= 4 is 52.7 Å². The monoisotopic (exact) mass is 725 g/mol. The van der Waals surface area contributed by atoms with Crippen LogP contribution in [0.4, 0.5) is 21.0 Å². The number of nitro benzene ring substituents is 1. The Morgan fingerprint density at radius 3 is 2.10 bits per heavy atom. The second-order valence-electron chi connectivity index (χ2n) is 12.1. The number of esters is 1. The molecule has 1 aliphatic rings. The fourth-order valence-electron chi connectivity index (χ4n) is 5.44. The second-order valence-corrected chi connectivity index (χ2v) is 12.5. The molecule has 4 aromatic carbocycles. The van der Waals surface area contributed by atoms with E-state index in [4.69, 9.17) is 21.7 Å². The van der Waals surface area contributed by atoms with Gasteiger partial charge in [0.1, 0.15) is 24.9 Å². The highest BCUT2D eigenvalue weighted by Crippen LogP contribution is 2.28. The first-order valence-electron chi connectivity index (χ1n) is 16.3. The fraction of sp³-hybridized carbons (Fsp3) is 0.216. The summed E-state index contributed by atoms with van der Waals surface area (Å²) in [5, 5.41) is 22.6. The summed E-state index contributed by atoms with van der Waals surface area (Å²) in [4.78, 5) is 63.7. The predicted octanol–water partition coefficient (Wildman–Crippen LogP) is 5.25. The van der Waals surface area contributed by atoms with Crippen molar-refractivity contribution in [2.45, 2.75) is 38.3 Å².